The van der Waals surface area contributed by atoms with Gasteiger partial charge in [-0.3, -0.25) is 4.79 Å². The van der Waals surface area contributed by atoms with Crippen LogP contribution in [0.5, 0.6) is 5.75 Å². The fourth-order valence-corrected chi connectivity index (χ4v) is 2.55. The van der Waals surface area contributed by atoms with E-state index in [0.29, 0.717) is 11.4 Å². The van der Waals surface area contributed by atoms with E-state index < -0.39 is 15.9 Å². The molecular weight excluding hydrogens is 268 g/mol. The van der Waals surface area contributed by atoms with Gasteiger partial charge in [-0.2, -0.15) is 0 Å². The normalized spacial score (nSPS) is 18.2. The smallest absolute Gasteiger partial charge is 0.246 e. The summed E-state index contributed by atoms with van der Waals surface area (Å²) in [6.07, 6.45) is 1.39. The maximum absolute atomic E-state index is 11.8. The summed E-state index contributed by atoms with van der Waals surface area (Å²) < 4.78 is 27.4. The first-order valence-corrected chi connectivity index (χ1v) is 7.88. The van der Waals surface area contributed by atoms with Crippen molar-refractivity contribution < 1.29 is 17.9 Å². The number of hydrogen-bond acceptors (Lipinski definition) is 5. The molecule has 0 spiro atoms. The SMILES string of the molecule is COc1ccc2c(c1)NC(CCS(C)(=O)=O)C(=O)N2. The molecule has 0 fully saturated rings. The van der Waals surface area contributed by atoms with Crippen LogP contribution in [0.25, 0.3) is 0 Å². The Kier molecular flexibility index (Phi) is 3.66. The Morgan fingerprint density at radius 2 is 2.05 bits per heavy atom. The zero-order chi connectivity index (χ0) is 14.0. The van der Waals surface area contributed by atoms with Gasteiger partial charge in [-0.05, 0) is 18.6 Å². The second-order valence-corrected chi connectivity index (χ2v) is 6.78. The van der Waals surface area contributed by atoms with Crippen molar-refractivity contribution in [3.8, 4) is 5.75 Å². The van der Waals surface area contributed by atoms with Crippen LogP contribution >= 0.6 is 0 Å². The first-order valence-electron chi connectivity index (χ1n) is 5.82. The van der Waals surface area contributed by atoms with Crippen LogP contribution in [-0.4, -0.2) is 39.5 Å². The fraction of sp³-hybridized carbons (Fsp3) is 0.417. The van der Waals surface area contributed by atoms with Gasteiger partial charge in [-0.25, -0.2) is 8.42 Å². The number of methoxy groups -OCH3 is 1. The maximum Gasteiger partial charge on any atom is 0.246 e. The lowest BCUT2D eigenvalue weighted by atomic mass is 10.1. The molecule has 1 aromatic rings. The van der Waals surface area contributed by atoms with Crippen LogP contribution in [0, 0.1) is 0 Å². The highest BCUT2D eigenvalue weighted by atomic mass is 32.2. The molecule has 0 aromatic heterocycles. The average Bonchev–Trinajstić information content (AvgIpc) is 2.34. The molecule has 19 heavy (non-hydrogen) atoms. The van der Waals surface area contributed by atoms with Crippen LogP contribution in [0.1, 0.15) is 6.42 Å². The monoisotopic (exact) mass is 284 g/mol. The third kappa shape index (κ3) is 3.37. The maximum atomic E-state index is 11.8. The number of rotatable bonds is 4. The molecule has 1 amide bonds. The van der Waals surface area contributed by atoms with Crippen LogP contribution in [-0.2, 0) is 14.6 Å². The molecule has 1 aromatic carbocycles. The second-order valence-electron chi connectivity index (χ2n) is 4.52. The van der Waals surface area contributed by atoms with Gasteiger partial charge in [0.25, 0.3) is 0 Å². The number of carbonyl (C=O) groups excluding carboxylic acids is 1. The number of fused-ring (bicyclic) bond motifs is 1. The molecule has 1 aliphatic rings. The molecule has 2 rings (SSSR count). The highest BCUT2D eigenvalue weighted by molar-refractivity contribution is 7.90. The van der Waals surface area contributed by atoms with Crippen LogP contribution in [0.15, 0.2) is 18.2 Å². The molecule has 0 saturated heterocycles. The van der Waals surface area contributed by atoms with Crippen molar-refractivity contribution in [2.45, 2.75) is 12.5 Å². The molecule has 0 saturated carbocycles. The summed E-state index contributed by atoms with van der Waals surface area (Å²) in [5.41, 5.74) is 1.40. The number of amides is 1. The third-order valence-corrected chi connectivity index (χ3v) is 3.89. The minimum atomic E-state index is -3.08. The molecule has 0 radical (unpaired) electrons. The van der Waals surface area contributed by atoms with Crippen LogP contribution in [0.4, 0.5) is 11.4 Å². The van der Waals surface area contributed by atoms with Gasteiger partial charge in [0.1, 0.15) is 21.6 Å². The van der Waals surface area contributed by atoms with Gasteiger partial charge in [0.15, 0.2) is 0 Å². The van der Waals surface area contributed by atoms with E-state index in [9.17, 15) is 13.2 Å². The van der Waals surface area contributed by atoms with Gasteiger partial charge in [-0.15, -0.1) is 0 Å². The Labute approximate surface area is 112 Å². The number of carbonyl (C=O) groups is 1. The summed E-state index contributed by atoms with van der Waals surface area (Å²) in [7, 11) is -1.52. The number of benzene rings is 1. The first-order chi connectivity index (χ1) is 8.89. The minimum Gasteiger partial charge on any atom is -0.497 e. The van der Waals surface area contributed by atoms with Crippen LogP contribution in [0.3, 0.4) is 0 Å². The van der Waals surface area contributed by atoms with Crippen molar-refractivity contribution in [1.29, 1.82) is 0 Å². The molecule has 104 valence electrons. The first kappa shape index (κ1) is 13.7. The highest BCUT2D eigenvalue weighted by Gasteiger charge is 2.26. The number of hydrogen-bond donors (Lipinski definition) is 2. The molecule has 1 atom stereocenters. The number of sulfone groups is 1. The Balaban J connectivity index is 2.15. The second kappa shape index (κ2) is 5.08. The number of ether oxygens (including phenoxy) is 1. The Bertz CT molecular complexity index is 598. The lowest BCUT2D eigenvalue weighted by Crippen LogP contribution is -2.39. The predicted octanol–water partition coefficient (Wildman–Crippen LogP) is 0.862. The van der Waals surface area contributed by atoms with E-state index in [1.54, 1.807) is 25.3 Å². The summed E-state index contributed by atoms with van der Waals surface area (Å²) in [6, 6.07) is 4.71. The summed E-state index contributed by atoms with van der Waals surface area (Å²) in [5, 5.41) is 5.78. The van der Waals surface area contributed by atoms with Crippen molar-refractivity contribution in [3.05, 3.63) is 18.2 Å². The van der Waals surface area contributed by atoms with Gasteiger partial charge >= 0.3 is 0 Å². The Morgan fingerprint density at radius 1 is 1.32 bits per heavy atom. The zero-order valence-electron chi connectivity index (χ0n) is 10.8. The van der Waals surface area contributed by atoms with Crippen molar-refractivity contribution in [3.63, 3.8) is 0 Å². The van der Waals surface area contributed by atoms with E-state index in [1.807, 2.05) is 0 Å². The van der Waals surface area contributed by atoms with Crippen molar-refractivity contribution >= 4 is 27.1 Å². The largest absolute Gasteiger partial charge is 0.497 e. The molecular formula is C12H16N2O4S. The Morgan fingerprint density at radius 3 is 2.68 bits per heavy atom. The van der Waals surface area contributed by atoms with E-state index in [1.165, 1.54) is 0 Å². The topological polar surface area (TPSA) is 84.5 Å². The molecule has 0 bridgehead atoms. The standard InChI is InChI=1S/C12H16N2O4S/c1-18-8-3-4-9-11(7-8)13-10(12(15)14-9)5-6-19(2,16)17/h3-4,7,10,13H,5-6H2,1-2H3,(H,14,15). The summed E-state index contributed by atoms with van der Waals surface area (Å²) in [4.78, 5) is 11.8. The van der Waals surface area contributed by atoms with Gasteiger partial charge < -0.3 is 15.4 Å². The molecule has 0 aliphatic carbocycles. The van der Waals surface area contributed by atoms with E-state index in [4.69, 9.17) is 4.74 Å². The summed E-state index contributed by atoms with van der Waals surface area (Å²) in [6.45, 7) is 0. The molecule has 1 heterocycles. The van der Waals surface area contributed by atoms with Crippen molar-refractivity contribution in [2.75, 3.05) is 29.8 Å². The van der Waals surface area contributed by atoms with Crippen LogP contribution in [0.2, 0.25) is 0 Å². The van der Waals surface area contributed by atoms with Crippen molar-refractivity contribution in [2.24, 2.45) is 0 Å². The van der Waals surface area contributed by atoms with Gasteiger partial charge in [-0.1, -0.05) is 0 Å². The van der Waals surface area contributed by atoms with E-state index in [-0.39, 0.29) is 18.1 Å². The Hall–Kier alpha value is -1.76. The van der Waals surface area contributed by atoms with E-state index in [0.717, 1.165) is 11.9 Å². The quantitative estimate of drug-likeness (QED) is 0.856. The molecule has 2 N–H and O–H groups in total. The van der Waals surface area contributed by atoms with E-state index in [2.05, 4.69) is 10.6 Å². The molecule has 7 heteroatoms. The number of anilines is 2. The average molecular weight is 284 g/mol. The highest BCUT2D eigenvalue weighted by Crippen LogP contribution is 2.31. The number of nitrogens with one attached hydrogen (secondary N) is 2. The molecule has 1 unspecified atom stereocenters. The third-order valence-electron chi connectivity index (χ3n) is 2.91. The summed E-state index contributed by atoms with van der Waals surface area (Å²) in [5.74, 6) is 0.419. The zero-order valence-corrected chi connectivity index (χ0v) is 11.6. The van der Waals surface area contributed by atoms with Crippen molar-refractivity contribution in [1.82, 2.24) is 0 Å². The van der Waals surface area contributed by atoms with Gasteiger partial charge in [0.05, 0.1) is 24.2 Å². The van der Waals surface area contributed by atoms with Gasteiger partial charge in [0, 0.05) is 12.3 Å². The lowest BCUT2D eigenvalue weighted by Gasteiger charge is -2.26. The molecule has 6 nitrogen and oxygen atoms in total. The van der Waals surface area contributed by atoms with Gasteiger partial charge in [0.2, 0.25) is 5.91 Å². The summed E-state index contributed by atoms with van der Waals surface area (Å²) >= 11 is 0. The van der Waals surface area contributed by atoms with Crippen LogP contribution < -0.4 is 15.4 Å². The predicted molar refractivity (Wildman–Crippen MR) is 73.4 cm³/mol. The van der Waals surface area contributed by atoms with E-state index >= 15 is 0 Å². The molecule has 1 aliphatic heterocycles. The minimum absolute atomic E-state index is 0.0304. The lowest BCUT2D eigenvalue weighted by molar-refractivity contribution is -0.117. The fourth-order valence-electron chi connectivity index (χ4n) is 1.89.